The van der Waals surface area contributed by atoms with Crippen LogP contribution in [0, 0.1) is 0 Å². The van der Waals surface area contributed by atoms with Gasteiger partial charge in [-0.3, -0.25) is 19.2 Å². The second kappa shape index (κ2) is 12.3. The highest BCUT2D eigenvalue weighted by Crippen LogP contribution is 2.05. The van der Waals surface area contributed by atoms with E-state index in [0.29, 0.717) is 0 Å². The molecule has 4 unspecified atom stereocenters. The number of nitrogens with two attached hydrogens (primary N) is 2. The molecular weight excluding hydrogens is 406 g/mol. The first-order valence-corrected chi connectivity index (χ1v) is 9.73. The van der Waals surface area contributed by atoms with Gasteiger partial charge in [-0.15, -0.1) is 0 Å². The van der Waals surface area contributed by atoms with Crippen LogP contribution in [-0.4, -0.2) is 58.9 Å². The van der Waals surface area contributed by atoms with Crippen LogP contribution in [0.1, 0.15) is 32.3 Å². The van der Waals surface area contributed by atoms with Gasteiger partial charge in [0, 0.05) is 12.8 Å². The quantitative estimate of drug-likeness (QED) is 0.227. The monoisotopic (exact) mass is 435 g/mol. The van der Waals surface area contributed by atoms with E-state index in [1.165, 1.54) is 13.8 Å². The second-order valence-electron chi connectivity index (χ2n) is 7.17. The lowest BCUT2D eigenvalue weighted by Gasteiger charge is -2.23. The van der Waals surface area contributed by atoms with Gasteiger partial charge in [-0.2, -0.15) is 0 Å². The predicted molar refractivity (Wildman–Crippen MR) is 111 cm³/mol. The third-order valence-corrected chi connectivity index (χ3v) is 4.38. The molecule has 0 aromatic heterocycles. The largest absolute Gasteiger partial charge is 0.480 e. The van der Waals surface area contributed by atoms with Crippen molar-refractivity contribution in [3.8, 4) is 0 Å². The van der Waals surface area contributed by atoms with Gasteiger partial charge in [0.25, 0.3) is 0 Å². The molecule has 0 radical (unpaired) electrons. The summed E-state index contributed by atoms with van der Waals surface area (Å²) in [6.45, 7) is 2.84. The van der Waals surface area contributed by atoms with E-state index in [9.17, 15) is 29.1 Å². The van der Waals surface area contributed by atoms with Crippen molar-refractivity contribution in [1.29, 1.82) is 0 Å². The molecule has 31 heavy (non-hydrogen) atoms. The number of hydrogen-bond donors (Lipinski definition) is 6. The molecule has 170 valence electrons. The lowest BCUT2D eigenvalue weighted by molar-refractivity contribution is -0.142. The van der Waals surface area contributed by atoms with E-state index in [4.69, 9.17) is 11.5 Å². The molecule has 11 nitrogen and oxygen atoms in total. The Labute approximate surface area is 179 Å². The topological polar surface area (TPSA) is 194 Å². The number of primary amides is 1. The van der Waals surface area contributed by atoms with Crippen LogP contribution < -0.4 is 27.4 Å². The molecule has 0 aliphatic carbocycles. The first-order chi connectivity index (χ1) is 14.5. The molecule has 4 atom stereocenters. The normalized spacial score (nSPS) is 14.4. The number of carboxylic acid groups (broad SMARTS) is 1. The second-order valence-corrected chi connectivity index (χ2v) is 7.17. The van der Waals surface area contributed by atoms with E-state index in [0.717, 1.165) is 5.56 Å². The average molecular weight is 435 g/mol. The molecule has 0 saturated carbocycles. The molecule has 1 aromatic carbocycles. The fraction of sp³-hybridized carbons (Fsp3) is 0.450. The van der Waals surface area contributed by atoms with Gasteiger partial charge >= 0.3 is 5.97 Å². The third kappa shape index (κ3) is 9.26. The highest BCUT2D eigenvalue weighted by Gasteiger charge is 2.28. The molecule has 1 aromatic rings. The number of carbonyl (C=O) groups is 5. The Balaban J connectivity index is 2.82. The summed E-state index contributed by atoms with van der Waals surface area (Å²) in [7, 11) is 0. The van der Waals surface area contributed by atoms with E-state index in [1.54, 1.807) is 24.3 Å². The Bertz CT molecular complexity index is 799. The summed E-state index contributed by atoms with van der Waals surface area (Å²) in [5.41, 5.74) is 11.4. The molecule has 1 rings (SSSR count). The fourth-order valence-corrected chi connectivity index (χ4v) is 2.58. The number of hydrogen-bond acceptors (Lipinski definition) is 6. The summed E-state index contributed by atoms with van der Waals surface area (Å²) in [6.07, 6.45) is -0.242. The molecule has 4 amide bonds. The number of rotatable bonds is 12. The van der Waals surface area contributed by atoms with Gasteiger partial charge in [0.05, 0.1) is 6.04 Å². The van der Waals surface area contributed by atoms with Gasteiger partial charge < -0.3 is 32.5 Å². The molecule has 0 bridgehead atoms. The van der Waals surface area contributed by atoms with Crippen LogP contribution in [0.2, 0.25) is 0 Å². The zero-order valence-electron chi connectivity index (χ0n) is 17.5. The Morgan fingerprint density at radius 2 is 1.48 bits per heavy atom. The maximum atomic E-state index is 12.7. The van der Waals surface area contributed by atoms with Crippen LogP contribution in [0.5, 0.6) is 0 Å². The van der Waals surface area contributed by atoms with Crippen molar-refractivity contribution in [3.05, 3.63) is 35.9 Å². The molecule has 11 heteroatoms. The third-order valence-electron chi connectivity index (χ3n) is 4.38. The molecular formula is C20H29N5O6. The molecule has 0 heterocycles. The Kier molecular flexibility index (Phi) is 10.1. The summed E-state index contributed by atoms with van der Waals surface area (Å²) in [5, 5.41) is 16.5. The smallest absolute Gasteiger partial charge is 0.326 e. The molecule has 8 N–H and O–H groups in total. The molecule has 0 aliphatic heterocycles. The van der Waals surface area contributed by atoms with Gasteiger partial charge in [-0.05, 0) is 25.8 Å². The van der Waals surface area contributed by atoms with Crippen LogP contribution in [-0.2, 0) is 30.4 Å². The van der Waals surface area contributed by atoms with E-state index in [1.807, 2.05) is 6.07 Å². The molecule has 0 spiro atoms. The summed E-state index contributed by atoms with van der Waals surface area (Å²) >= 11 is 0. The minimum atomic E-state index is -1.34. The van der Waals surface area contributed by atoms with Crippen LogP contribution in [0.4, 0.5) is 0 Å². The standard InChI is InChI=1S/C20H29N5O6/c1-11(21)17(27)25-15(10-13-6-4-3-5-7-13)19(29)23-12(2)18(28)24-14(20(30)31)8-9-16(22)26/h3-7,11-12,14-15H,8-10,21H2,1-2H3,(H2,22,26)(H,23,29)(H,24,28)(H,25,27)(H,30,31). The number of carboxylic acids is 1. The number of nitrogens with one attached hydrogen (secondary N) is 3. The molecule has 0 fully saturated rings. The van der Waals surface area contributed by atoms with Gasteiger partial charge in [0.2, 0.25) is 23.6 Å². The summed E-state index contributed by atoms with van der Waals surface area (Å²) < 4.78 is 0. The maximum absolute atomic E-state index is 12.7. The number of benzene rings is 1. The van der Waals surface area contributed by atoms with Gasteiger partial charge in [-0.25, -0.2) is 4.79 Å². The number of amides is 4. The van der Waals surface area contributed by atoms with Crippen LogP contribution >= 0.6 is 0 Å². The van der Waals surface area contributed by atoms with Crippen molar-refractivity contribution >= 4 is 29.6 Å². The fourth-order valence-electron chi connectivity index (χ4n) is 2.58. The lowest BCUT2D eigenvalue weighted by Crippen LogP contribution is -2.56. The van der Waals surface area contributed by atoms with Gasteiger partial charge in [0.15, 0.2) is 0 Å². The number of aliphatic carboxylic acids is 1. The zero-order chi connectivity index (χ0) is 23.6. The minimum absolute atomic E-state index is 0.163. The Morgan fingerprint density at radius 1 is 0.903 bits per heavy atom. The Hall–Kier alpha value is -3.47. The van der Waals surface area contributed by atoms with Crippen molar-refractivity contribution in [2.45, 2.75) is 57.3 Å². The van der Waals surface area contributed by atoms with E-state index in [2.05, 4.69) is 16.0 Å². The first-order valence-electron chi connectivity index (χ1n) is 9.73. The van der Waals surface area contributed by atoms with Crippen molar-refractivity contribution < 1.29 is 29.1 Å². The maximum Gasteiger partial charge on any atom is 0.326 e. The van der Waals surface area contributed by atoms with E-state index in [-0.39, 0.29) is 19.3 Å². The lowest BCUT2D eigenvalue weighted by atomic mass is 10.0. The van der Waals surface area contributed by atoms with Gasteiger partial charge in [0.1, 0.15) is 18.1 Å². The average Bonchev–Trinajstić information content (AvgIpc) is 2.70. The summed E-state index contributed by atoms with van der Waals surface area (Å²) in [5.74, 6) is -3.97. The SMILES string of the molecule is CC(N)C(=O)NC(Cc1ccccc1)C(=O)NC(C)C(=O)NC(CCC(N)=O)C(=O)O. The summed E-state index contributed by atoms with van der Waals surface area (Å²) in [4.78, 5) is 59.2. The molecule has 0 saturated heterocycles. The van der Waals surface area contributed by atoms with Gasteiger partial charge in [-0.1, -0.05) is 30.3 Å². The Morgan fingerprint density at radius 3 is 2.00 bits per heavy atom. The minimum Gasteiger partial charge on any atom is -0.480 e. The number of carbonyl (C=O) groups excluding carboxylic acids is 4. The molecule has 0 aliphatic rings. The van der Waals surface area contributed by atoms with Crippen LogP contribution in [0.25, 0.3) is 0 Å². The first kappa shape index (κ1) is 25.6. The van der Waals surface area contributed by atoms with Crippen LogP contribution in [0.15, 0.2) is 30.3 Å². The van der Waals surface area contributed by atoms with Crippen molar-refractivity contribution in [3.63, 3.8) is 0 Å². The zero-order valence-corrected chi connectivity index (χ0v) is 17.5. The highest BCUT2D eigenvalue weighted by molar-refractivity contribution is 5.94. The van der Waals surface area contributed by atoms with Crippen molar-refractivity contribution in [2.24, 2.45) is 11.5 Å². The van der Waals surface area contributed by atoms with Crippen LogP contribution in [0.3, 0.4) is 0 Å². The predicted octanol–water partition coefficient (Wildman–Crippen LogP) is -1.60. The van der Waals surface area contributed by atoms with Crippen molar-refractivity contribution in [1.82, 2.24) is 16.0 Å². The van der Waals surface area contributed by atoms with E-state index >= 15 is 0 Å². The summed E-state index contributed by atoms with van der Waals surface area (Å²) in [6, 6.07) is 4.66. The van der Waals surface area contributed by atoms with Crippen molar-refractivity contribution in [2.75, 3.05) is 0 Å². The highest BCUT2D eigenvalue weighted by atomic mass is 16.4. The van der Waals surface area contributed by atoms with E-state index < -0.39 is 53.8 Å².